The lowest BCUT2D eigenvalue weighted by atomic mass is 10.2. The number of ether oxygens (including phenoxy) is 1. The Morgan fingerprint density at radius 3 is 2.50 bits per heavy atom. The maximum absolute atomic E-state index is 12.0. The Balaban J connectivity index is 1.82. The predicted molar refractivity (Wildman–Crippen MR) is 95.4 cm³/mol. The summed E-state index contributed by atoms with van der Waals surface area (Å²) in [6.45, 7) is 2.91. The van der Waals surface area contributed by atoms with Crippen molar-refractivity contribution in [2.75, 3.05) is 0 Å². The van der Waals surface area contributed by atoms with Crippen LogP contribution in [0.5, 0.6) is 0 Å². The number of rotatable bonds is 2. The normalized spacial score (nSPS) is 16.5. The van der Waals surface area contributed by atoms with E-state index in [1.165, 1.54) is 18.9 Å². The molecule has 130 valence electrons. The highest BCUT2D eigenvalue weighted by atomic mass is 16.5. The van der Waals surface area contributed by atoms with Crippen LogP contribution in [0.25, 0.3) is 10.9 Å². The van der Waals surface area contributed by atoms with E-state index in [1.54, 1.807) is 29.1 Å². The Hall–Kier alpha value is -3.48. The molecule has 0 radical (unpaired) electrons. The van der Waals surface area contributed by atoms with Crippen LogP contribution >= 0.6 is 0 Å². The average molecular weight is 348 g/mol. The van der Waals surface area contributed by atoms with Gasteiger partial charge in [0, 0.05) is 31.6 Å². The van der Waals surface area contributed by atoms with Crippen molar-refractivity contribution in [1.29, 1.82) is 0 Å². The highest BCUT2D eigenvalue weighted by Gasteiger charge is 2.35. The summed E-state index contributed by atoms with van der Waals surface area (Å²) in [5.41, 5.74) is 1.99. The van der Waals surface area contributed by atoms with E-state index in [-0.39, 0.29) is 17.7 Å². The molecule has 7 heteroatoms. The van der Waals surface area contributed by atoms with Crippen LogP contribution in [0.2, 0.25) is 0 Å². The van der Waals surface area contributed by atoms with Gasteiger partial charge in [-0.2, -0.15) is 5.01 Å². The Bertz CT molecular complexity index is 1040. The molecule has 0 aliphatic carbocycles. The van der Waals surface area contributed by atoms with Gasteiger partial charge in [-0.05, 0) is 18.2 Å². The van der Waals surface area contributed by atoms with Crippen LogP contribution in [0.4, 0.5) is 0 Å². The minimum absolute atomic E-state index is 0.115. The molecule has 0 fully saturated rings. The monoisotopic (exact) mass is 348 g/mol. The summed E-state index contributed by atoms with van der Waals surface area (Å²) in [6, 6.07) is 12.9. The molecule has 0 saturated heterocycles. The molecule has 0 spiro atoms. The van der Waals surface area contributed by atoms with Gasteiger partial charge in [0.2, 0.25) is 23.9 Å². The maximum atomic E-state index is 12.0. The smallest absolute Gasteiger partial charge is 0.243 e. The SMILES string of the molecule is CC(=O)N1N=C(c2cn(C(C)=O)c3ccccc23)OC1c1ccccn1. The van der Waals surface area contributed by atoms with Gasteiger partial charge in [0.05, 0.1) is 11.1 Å². The van der Waals surface area contributed by atoms with Crippen LogP contribution < -0.4 is 0 Å². The number of aromatic nitrogens is 2. The van der Waals surface area contributed by atoms with Crippen molar-refractivity contribution in [3.8, 4) is 0 Å². The van der Waals surface area contributed by atoms with Gasteiger partial charge < -0.3 is 4.74 Å². The number of carbonyl (C=O) groups excluding carboxylic acids is 2. The summed E-state index contributed by atoms with van der Waals surface area (Å²) in [5.74, 6) is -0.0891. The minimum atomic E-state index is -0.733. The van der Waals surface area contributed by atoms with E-state index in [9.17, 15) is 9.59 Å². The topological polar surface area (TPSA) is 76.8 Å². The summed E-state index contributed by atoms with van der Waals surface area (Å²) >= 11 is 0. The number of benzene rings is 1. The Kier molecular flexibility index (Phi) is 3.76. The van der Waals surface area contributed by atoms with Crippen LogP contribution in [-0.2, 0) is 9.53 Å². The average Bonchev–Trinajstić information content (AvgIpc) is 3.24. The molecule has 2 aromatic heterocycles. The zero-order chi connectivity index (χ0) is 18.3. The highest BCUT2D eigenvalue weighted by Crippen LogP contribution is 2.32. The van der Waals surface area contributed by atoms with Gasteiger partial charge in [-0.3, -0.25) is 19.1 Å². The molecule has 1 aliphatic heterocycles. The Morgan fingerprint density at radius 1 is 1.04 bits per heavy atom. The lowest BCUT2D eigenvalue weighted by Gasteiger charge is -2.17. The Labute approximate surface area is 149 Å². The van der Waals surface area contributed by atoms with Crippen molar-refractivity contribution in [3.63, 3.8) is 0 Å². The first-order chi connectivity index (χ1) is 12.6. The van der Waals surface area contributed by atoms with Gasteiger partial charge in [0.25, 0.3) is 0 Å². The van der Waals surface area contributed by atoms with Crippen molar-refractivity contribution in [1.82, 2.24) is 14.6 Å². The van der Waals surface area contributed by atoms with Crippen LogP contribution in [0.15, 0.2) is 60.0 Å². The van der Waals surface area contributed by atoms with Gasteiger partial charge in [-0.25, -0.2) is 0 Å². The highest BCUT2D eigenvalue weighted by molar-refractivity contribution is 6.09. The number of hydrogen-bond donors (Lipinski definition) is 0. The van der Waals surface area contributed by atoms with Gasteiger partial charge in [-0.15, -0.1) is 5.10 Å². The van der Waals surface area contributed by atoms with E-state index in [1.807, 2.05) is 30.3 Å². The van der Waals surface area contributed by atoms with Crippen LogP contribution in [-0.4, -0.2) is 32.3 Å². The van der Waals surface area contributed by atoms with E-state index in [0.29, 0.717) is 11.3 Å². The van der Waals surface area contributed by atoms with Crippen molar-refractivity contribution in [3.05, 3.63) is 66.1 Å². The number of carbonyl (C=O) groups is 2. The molecule has 7 nitrogen and oxygen atoms in total. The molecule has 1 aliphatic rings. The number of hydrazone groups is 1. The number of para-hydroxylation sites is 1. The first kappa shape index (κ1) is 16.0. The quantitative estimate of drug-likeness (QED) is 0.713. The zero-order valence-corrected chi connectivity index (χ0v) is 14.3. The fourth-order valence-corrected chi connectivity index (χ4v) is 3.00. The fraction of sp³-hybridized carbons (Fsp3) is 0.158. The number of nitrogens with zero attached hydrogens (tertiary/aromatic N) is 4. The molecular weight excluding hydrogens is 332 g/mol. The lowest BCUT2D eigenvalue weighted by molar-refractivity contribution is -0.135. The van der Waals surface area contributed by atoms with Gasteiger partial charge in [0.1, 0.15) is 5.69 Å². The molecule has 1 aromatic carbocycles. The van der Waals surface area contributed by atoms with Gasteiger partial charge in [-0.1, -0.05) is 24.3 Å². The van der Waals surface area contributed by atoms with Crippen LogP contribution in [0, 0.1) is 0 Å². The van der Waals surface area contributed by atoms with Gasteiger partial charge in [0.15, 0.2) is 0 Å². The van der Waals surface area contributed by atoms with E-state index in [4.69, 9.17) is 4.74 Å². The number of pyridine rings is 1. The third-order valence-corrected chi connectivity index (χ3v) is 4.19. The van der Waals surface area contributed by atoms with E-state index in [0.717, 1.165) is 10.9 Å². The third-order valence-electron chi connectivity index (χ3n) is 4.19. The summed E-state index contributed by atoms with van der Waals surface area (Å²) in [5, 5.41) is 6.44. The standard InChI is InChI=1S/C19H16N4O3/c1-12(24)22-11-15(14-7-3-4-9-17(14)22)18-21-23(13(2)25)19(26-18)16-8-5-6-10-20-16/h3-11,19H,1-2H3. The molecule has 1 atom stereocenters. The van der Waals surface area contributed by atoms with E-state index < -0.39 is 6.23 Å². The molecule has 0 N–H and O–H groups in total. The van der Waals surface area contributed by atoms with Crippen molar-refractivity contribution >= 4 is 28.6 Å². The Morgan fingerprint density at radius 2 is 1.81 bits per heavy atom. The molecule has 4 rings (SSSR count). The summed E-state index contributed by atoms with van der Waals surface area (Å²) in [6.07, 6.45) is 2.59. The second-order valence-corrected chi connectivity index (χ2v) is 5.94. The lowest BCUT2D eigenvalue weighted by Crippen LogP contribution is -2.25. The molecular formula is C19H16N4O3. The van der Waals surface area contributed by atoms with Crippen LogP contribution in [0.1, 0.15) is 36.1 Å². The number of hydrogen-bond acceptors (Lipinski definition) is 5. The van der Waals surface area contributed by atoms with Crippen molar-refractivity contribution in [2.24, 2.45) is 5.10 Å². The second kappa shape index (κ2) is 6.11. The van der Waals surface area contributed by atoms with Crippen molar-refractivity contribution < 1.29 is 14.3 Å². The number of fused-ring (bicyclic) bond motifs is 1. The summed E-state index contributed by atoms with van der Waals surface area (Å²) < 4.78 is 7.52. The first-order valence-electron chi connectivity index (χ1n) is 8.13. The maximum Gasteiger partial charge on any atom is 0.243 e. The molecule has 0 bridgehead atoms. The molecule has 3 aromatic rings. The molecule has 0 saturated carbocycles. The predicted octanol–water partition coefficient (Wildman–Crippen LogP) is 2.94. The van der Waals surface area contributed by atoms with Crippen LogP contribution in [0.3, 0.4) is 0 Å². The summed E-state index contributed by atoms with van der Waals surface area (Å²) in [7, 11) is 0. The van der Waals surface area contributed by atoms with Crippen molar-refractivity contribution in [2.45, 2.75) is 20.1 Å². The largest absolute Gasteiger partial charge is 0.444 e. The molecule has 1 unspecified atom stereocenters. The molecule has 3 heterocycles. The fourth-order valence-electron chi connectivity index (χ4n) is 3.00. The first-order valence-corrected chi connectivity index (χ1v) is 8.13. The molecule has 26 heavy (non-hydrogen) atoms. The summed E-state index contributed by atoms with van der Waals surface area (Å²) in [4.78, 5) is 28.3. The van der Waals surface area contributed by atoms with E-state index in [2.05, 4.69) is 10.1 Å². The number of amides is 1. The molecule has 1 amide bonds. The zero-order valence-electron chi connectivity index (χ0n) is 14.3. The van der Waals surface area contributed by atoms with E-state index >= 15 is 0 Å². The third kappa shape index (κ3) is 2.54. The second-order valence-electron chi connectivity index (χ2n) is 5.94. The van der Waals surface area contributed by atoms with Gasteiger partial charge >= 0.3 is 0 Å². The minimum Gasteiger partial charge on any atom is -0.444 e.